The number of aldehydes is 1. The average molecular weight is 238 g/mol. The first-order chi connectivity index (χ1) is 8.01. The maximum absolute atomic E-state index is 11.5. The summed E-state index contributed by atoms with van der Waals surface area (Å²) in [6, 6.07) is 0. The molecule has 17 heavy (non-hydrogen) atoms. The van der Waals surface area contributed by atoms with E-state index in [-0.39, 0.29) is 11.4 Å². The van der Waals surface area contributed by atoms with E-state index in [1.807, 2.05) is 0 Å². The Kier molecular flexibility index (Phi) is 3.97. The van der Waals surface area contributed by atoms with E-state index in [9.17, 15) is 14.4 Å². The van der Waals surface area contributed by atoms with Gasteiger partial charge in [-0.25, -0.2) is 9.79 Å². The van der Waals surface area contributed by atoms with Gasteiger partial charge in [-0.15, -0.1) is 0 Å². The molecule has 0 bridgehead atoms. The first kappa shape index (κ1) is 12.9. The SMILES string of the molecule is CCn1c(/N=C\N(C)C)c(C=O)c(=O)[nH]c1=O. The van der Waals surface area contributed by atoms with Gasteiger partial charge in [0.05, 0.1) is 6.34 Å². The van der Waals surface area contributed by atoms with Crippen molar-refractivity contribution in [3.63, 3.8) is 0 Å². The molecule has 0 saturated heterocycles. The molecule has 1 heterocycles. The lowest BCUT2D eigenvalue weighted by Gasteiger charge is -2.09. The van der Waals surface area contributed by atoms with Crippen LogP contribution in [0.5, 0.6) is 0 Å². The van der Waals surface area contributed by atoms with Crippen LogP contribution in [0.25, 0.3) is 0 Å². The standard InChI is InChI=1S/C10H14N4O3/c1-4-14-8(11-6-13(2)3)7(5-15)9(16)12-10(14)17/h5-6H,4H2,1-3H3,(H,12,16,17)/b11-6-. The molecule has 1 aromatic heterocycles. The minimum Gasteiger partial charge on any atom is -0.369 e. The molecule has 0 aliphatic heterocycles. The lowest BCUT2D eigenvalue weighted by atomic mass is 10.3. The van der Waals surface area contributed by atoms with E-state index in [1.165, 1.54) is 10.9 Å². The van der Waals surface area contributed by atoms with Gasteiger partial charge in [0.25, 0.3) is 5.56 Å². The molecule has 0 unspecified atom stereocenters. The van der Waals surface area contributed by atoms with Gasteiger partial charge >= 0.3 is 5.69 Å². The van der Waals surface area contributed by atoms with E-state index in [0.29, 0.717) is 12.8 Å². The van der Waals surface area contributed by atoms with E-state index >= 15 is 0 Å². The van der Waals surface area contributed by atoms with E-state index in [4.69, 9.17) is 0 Å². The van der Waals surface area contributed by atoms with E-state index in [2.05, 4.69) is 9.98 Å². The third kappa shape index (κ3) is 2.68. The summed E-state index contributed by atoms with van der Waals surface area (Å²) in [6.07, 6.45) is 1.82. The largest absolute Gasteiger partial charge is 0.369 e. The number of aromatic amines is 1. The Bertz CT molecular complexity index is 554. The minimum atomic E-state index is -0.722. The molecule has 0 aromatic carbocycles. The molecule has 0 saturated carbocycles. The highest BCUT2D eigenvalue weighted by Crippen LogP contribution is 2.10. The highest BCUT2D eigenvalue weighted by atomic mass is 16.2. The van der Waals surface area contributed by atoms with Gasteiger partial charge in [-0.2, -0.15) is 0 Å². The Morgan fingerprint density at radius 2 is 2.06 bits per heavy atom. The molecule has 7 nitrogen and oxygen atoms in total. The molecule has 7 heteroatoms. The summed E-state index contributed by atoms with van der Waals surface area (Å²) in [4.78, 5) is 41.5. The molecule has 1 N–H and O–H groups in total. The molecular weight excluding hydrogens is 224 g/mol. The fourth-order valence-corrected chi connectivity index (χ4v) is 1.28. The van der Waals surface area contributed by atoms with Crippen molar-refractivity contribution in [2.24, 2.45) is 4.99 Å². The van der Waals surface area contributed by atoms with Crippen molar-refractivity contribution < 1.29 is 4.79 Å². The van der Waals surface area contributed by atoms with Crippen molar-refractivity contribution >= 4 is 18.4 Å². The molecule has 0 amide bonds. The summed E-state index contributed by atoms with van der Waals surface area (Å²) in [5.74, 6) is 0.0740. The average Bonchev–Trinajstić information content (AvgIpc) is 2.25. The second-order valence-corrected chi connectivity index (χ2v) is 3.57. The van der Waals surface area contributed by atoms with Crippen LogP contribution < -0.4 is 11.2 Å². The first-order valence-corrected chi connectivity index (χ1v) is 5.04. The quantitative estimate of drug-likeness (QED) is 0.439. The maximum Gasteiger partial charge on any atom is 0.329 e. The zero-order valence-electron chi connectivity index (χ0n) is 9.93. The van der Waals surface area contributed by atoms with Crippen molar-refractivity contribution in [3.8, 4) is 0 Å². The predicted octanol–water partition coefficient (Wildman–Crippen LogP) is -0.410. The molecule has 0 radical (unpaired) electrons. The van der Waals surface area contributed by atoms with Gasteiger partial charge in [0.15, 0.2) is 12.1 Å². The minimum absolute atomic E-state index is 0.0740. The van der Waals surface area contributed by atoms with Gasteiger partial charge in [0, 0.05) is 20.6 Å². The number of carbonyl (C=O) groups excluding carboxylic acids is 1. The number of hydrogen-bond donors (Lipinski definition) is 1. The molecule has 0 aliphatic carbocycles. The van der Waals surface area contributed by atoms with Crippen molar-refractivity contribution in [2.75, 3.05) is 14.1 Å². The normalized spacial score (nSPS) is 10.8. The molecule has 1 rings (SSSR count). The van der Waals surface area contributed by atoms with E-state index in [1.54, 1.807) is 25.9 Å². The number of hydrogen-bond acceptors (Lipinski definition) is 4. The van der Waals surface area contributed by atoms with Gasteiger partial charge < -0.3 is 4.90 Å². The topological polar surface area (TPSA) is 87.5 Å². The fraction of sp³-hybridized carbons (Fsp3) is 0.400. The Labute approximate surface area is 97.4 Å². The number of carbonyl (C=O) groups is 1. The van der Waals surface area contributed by atoms with Crippen LogP contribution in [0.15, 0.2) is 14.6 Å². The van der Waals surface area contributed by atoms with Crippen molar-refractivity contribution in [3.05, 3.63) is 26.4 Å². The number of H-pyrrole nitrogens is 1. The number of aromatic nitrogens is 2. The molecular formula is C10H14N4O3. The van der Waals surface area contributed by atoms with Crippen LogP contribution in [0.2, 0.25) is 0 Å². The van der Waals surface area contributed by atoms with Gasteiger partial charge in [-0.3, -0.25) is 19.1 Å². The lowest BCUT2D eigenvalue weighted by molar-refractivity contribution is 0.112. The van der Waals surface area contributed by atoms with Crippen LogP contribution in [0, 0.1) is 0 Å². The van der Waals surface area contributed by atoms with Crippen LogP contribution >= 0.6 is 0 Å². The highest BCUT2D eigenvalue weighted by Gasteiger charge is 2.12. The number of nitrogens with one attached hydrogen (secondary N) is 1. The second-order valence-electron chi connectivity index (χ2n) is 3.57. The van der Waals surface area contributed by atoms with Crippen LogP contribution in [0.1, 0.15) is 17.3 Å². The van der Waals surface area contributed by atoms with Gasteiger partial charge in [0.1, 0.15) is 5.56 Å². The fourth-order valence-electron chi connectivity index (χ4n) is 1.28. The molecule has 1 aromatic rings. The van der Waals surface area contributed by atoms with Gasteiger partial charge in [-0.1, -0.05) is 0 Å². The maximum atomic E-state index is 11.5. The van der Waals surface area contributed by atoms with Gasteiger partial charge in [-0.05, 0) is 6.92 Å². The van der Waals surface area contributed by atoms with Crippen LogP contribution in [-0.2, 0) is 6.54 Å². The Morgan fingerprint density at radius 3 is 2.53 bits per heavy atom. The first-order valence-electron chi connectivity index (χ1n) is 5.04. The molecule has 0 fully saturated rings. The van der Waals surface area contributed by atoms with Crippen molar-refractivity contribution in [1.82, 2.24) is 14.5 Å². The zero-order valence-corrected chi connectivity index (χ0v) is 9.93. The summed E-state index contributed by atoms with van der Waals surface area (Å²) >= 11 is 0. The molecule has 0 aliphatic rings. The summed E-state index contributed by atoms with van der Waals surface area (Å²) < 4.78 is 1.23. The molecule has 92 valence electrons. The summed E-state index contributed by atoms with van der Waals surface area (Å²) in [6.45, 7) is 2.04. The van der Waals surface area contributed by atoms with Crippen molar-refractivity contribution in [2.45, 2.75) is 13.5 Å². The predicted molar refractivity (Wildman–Crippen MR) is 64.2 cm³/mol. The van der Waals surface area contributed by atoms with Crippen molar-refractivity contribution in [1.29, 1.82) is 0 Å². The smallest absolute Gasteiger partial charge is 0.329 e. The third-order valence-electron chi connectivity index (χ3n) is 2.05. The number of nitrogens with zero attached hydrogens (tertiary/aromatic N) is 3. The van der Waals surface area contributed by atoms with Crippen LogP contribution in [0.3, 0.4) is 0 Å². The number of rotatable bonds is 4. The van der Waals surface area contributed by atoms with Gasteiger partial charge in [0.2, 0.25) is 0 Å². The zero-order chi connectivity index (χ0) is 13.0. The molecule has 0 spiro atoms. The third-order valence-corrected chi connectivity index (χ3v) is 2.05. The monoisotopic (exact) mass is 238 g/mol. The lowest BCUT2D eigenvalue weighted by Crippen LogP contribution is -2.32. The number of aliphatic imine (C=N–C) groups is 1. The van der Waals surface area contributed by atoms with Crippen LogP contribution in [-0.4, -0.2) is 41.2 Å². The van der Waals surface area contributed by atoms with Crippen LogP contribution in [0.4, 0.5) is 5.82 Å². The Hall–Kier alpha value is -2.18. The Balaban J connectivity index is 3.57. The summed E-state index contributed by atoms with van der Waals surface area (Å²) in [5.41, 5.74) is -1.45. The summed E-state index contributed by atoms with van der Waals surface area (Å²) in [5, 5.41) is 0. The second kappa shape index (κ2) is 5.24. The molecule has 0 atom stereocenters. The van der Waals surface area contributed by atoms with E-state index < -0.39 is 11.2 Å². The highest BCUT2D eigenvalue weighted by molar-refractivity contribution is 5.82. The Morgan fingerprint density at radius 1 is 1.41 bits per heavy atom. The van der Waals surface area contributed by atoms with E-state index in [0.717, 1.165) is 0 Å². The summed E-state index contributed by atoms with van der Waals surface area (Å²) in [7, 11) is 3.48.